The molecular weight excluding hydrogens is 175 g/mol. The Bertz CT molecular complexity index is 86.1. The predicted molar refractivity (Wildman–Crippen MR) is 37.9 cm³/mol. The quantitative estimate of drug-likeness (QED) is 0.454. The van der Waals surface area contributed by atoms with Gasteiger partial charge in [-0.25, -0.2) is 0 Å². The lowest BCUT2D eigenvalue weighted by Gasteiger charge is -1.76. The van der Waals surface area contributed by atoms with Crippen molar-refractivity contribution in [3.8, 4) is 0 Å². The lowest BCUT2D eigenvalue weighted by atomic mass is 10.5. The predicted octanol–water partition coefficient (Wildman–Crippen LogP) is 2.69. The highest BCUT2D eigenvalue weighted by atomic mass is 79.9. The highest BCUT2D eigenvalue weighted by Gasteiger charge is 1.71. The van der Waals surface area contributed by atoms with Crippen LogP contribution in [0.15, 0.2) is 23.8 Å². The number of halogens is 2. The van der Waals surface area contributed by atoms with E-state index < -0.39 is 0 Å². The largest absolute Gasteiger partial charge is 0.0883 e. The van der Waals surface area contributed by atoms with Crippen molar-refractivity contribution in [2.24, 2.45) is 0 Å². The van der Waals surface area contributed by atoms with Gasteiger partial charge in [0, 0.05) is 10.4 Å². The van der Waals surface area contributed by atoms with Gasteiger partial charge in [-0.05, 0) is 6.08 Å². The van der Waals surface area contributed by atoms with Crippen LogP contribution in [0.2, 0.25) is 0 Å². The topological polar surface area (TPSA) is 0 Å². The molecule has 0 amide bonds. The Morgan fingerprint density at radius 3 is 2.57 bits per heavy atom. The first kappa shape index (κ1) is 7.25. The van der Waals surface area contributed by atoms with Gasteiger partial charge in [-0.15, -0.1) is 0 Å². The minimum absolute atomic E-state index is 0.569. The second kappa shape index (κ2) is 4.41. The lowest BCUT2D eigenvalue weighted by molar-refractivity contribution is 1.77. The Kier molecular flexibility index (Phi) is 4.57. The van der Waals surface area contributed by atoms with Gasteiger partial charge in [0.2, 0.25) is 0 Å². The van der Waals surface area contributed by atoms with Gasteiger partial charge in [-0.2, -0.15) is 0 Å². The standard InChI is InChI=1S/C5H6BrCl/c1-5(7)3-2-4-6/h2-3H,1,4H2/b3-2+. The number of hydrogen-bond donors (Lipinski definition) is 0. The minimum Gasteiger partial charge on any atom is -0.0883 e. The van der Waals surface area contributed by atoms with E-state index in [1.807, 2.05) is 6.08 Å². The molecule has 0 bridgehead atoms. The van der Waals surface area contributed by atoms with Gasteiger partial charge in [0.1, 0.15) is 0 Å². The molecule has 0 aromatic rings. The molecule has 0 aromatic carbocycles. The number of rotatable bonds is 2. The summed E-state index contributed by atoms with van der Waals surface area (Å²) in [4.78, 5) is 0. The molecule has 0 atom stereocenters. The summed E-state index contributed by atoms with van der Waals surface area (Å²) in [5.74, 6) is 0. The maximum Gasteiger partial charge on any atom is 0.0331 e. The third-order valence-electron chi connectivity index (χ3n) is 0.388. The number of alkyl halides is 1. The third-order valence-corrected chi connectivity index (χ3v) is 0.888. The van der Waals surface area contributed by atoms with Crippen LogP contribution in [-0.2, 0) is 0 Å². The zero-order valence-electron chi connectivity index (χ0n) is 3.82. The molecule has 0 saturated heterocycles. The molecule has 0 N–H and O–H groups in total. The van der Waals surface area contributed by atoms with E-state index in [-0.39, 0.29) is 0 Å². The van der Waals surface area contributed by atoms with E-state index in [0.29, 0.717) is 5.03 Å². The van der Waals surface area contributed by atoms with Gasteiger partial charge < -0.3 is 0 Å². The Hall–Kier alpha value is 0.250. The normalized spacial score (nSPS) is 10.0. The molecule has 0 unspecified atom stereocenters. The van der Waals surface area contributed by atoms with Crippen LogP contribution < -0.4 is 0 Å². The molecule has 0 spiro atoms. The molecule has 0 aromatic heterocycles. The molecule has 2 heteroatoms. The first-order valence-corrected chi connectivity index (χ1v) is 3.34. The van der Waals surface area contributed by atoms with Crippen LogP contribution in [0.3, 0.4) is 0 Å². The van der Waals surface area contributed by atoms with Gasteiger partial charge in [-0.3, -0.25) is 0 Å². The van der Waals surface area contributed by atoms with Gasteiger partial charge in [-0.1, -0.05) is 40.2 Å². The highest BCUT2D eigenvalue weighted by Crippen LogP contribution is 1.97. The molecule has 0 radical (unpaired) electrons. The second-order valence-corrected chi connectivity index (χ2v) is 2.14. The Morgan fingerprint density at radius 1 is 1.86 bits per heavy atom. The molecule has 0 aliphatic carbocycles. The maximum atomic E-state index is 5.35. The van der Waals surface area contributed by atoms with Crippen molar-refractivity contribution in [2.45, 2.75) is 0 Å². The fourth-order valence-electron chi connectivity index (χ4n) is 0.172. The Morgan fingerprint density at radius 2 is 2.43 bits per heavy atom. The molecule has 0 nitrogen and oxygen atoms in total. The summed E-state index contributed by atoms with van der Waals surface area (Å²) in [6, 6.07) is 0. The first-order valence-electron chi connectivity index (χ1n) is 1.84. The zero-order valence-corrected chi connectivity index (χ0v) is 6.17. The average molecular weight is 181 g/mol. The van der Waals surface area contributed by atoms with E-state index in [1.165, 1.54) is 0 Å². The summed E-state index contributed by atoms with van der Waals surface area (Å²) in [7, 11) is 0. The van der Waals surface area contributed by atoms with Gasteiger partial charge >= 0.3 is 0 Å². The summed E-state index contributed by atoms with van der Waals surface area (Å²) in [6.45, 7) is 3.45. The van der Waals surface area contributed by atoms with Crippen molar-refractivity contribution in [3.05, 3.63) is 23.8 Å². The summed E-state index contributed by atoms with van der Waals surface area (Å²) in [6.07, 6.45) is 3.63. The van der Waals surface area contributed by atoms with E-state index in [0.717, 1.165) is 5.33 Å². The van der Waals surface area contributed by atoms with Gasteiger partial charge in [0.15, 0.2) is 0 Å². The molecule has 0 aliphatic heterocycles. The van der Waals surface area contributed by atoms with E-state index >= 15 is 0 Å². The van der Waals surface area contributed by atoms with Crippen LogP contribution in [0.4, 0.5) is 0 Å². The van der Waals surface area contributed by atoms with Crippen LogP contribution in [0.25, 0.3) is 0 Å². The van der Waals surface area contributed by atoms with Crippen molar-refractivity contribution in [1.29, 1.82) is 0 Å². The molecular formula is C5H6BrCl. The van der Waals surface area contributed by atoms with Gasteiger partial charge in [0.05, 0.1) is 0 Å². The van der Waals surface area contributed by atoms with E-state index in [4.69, 9.17) is 11.6 Å². The van der Waals surface area contributed by atoms with Crippen molar-refractivity contribution in [1.82, 2.24) is 0 Å². The van der Waals surface area contributed by atoms with Gasteiger partial charge in [0.25, 0.3) is 0 Å². The Balaban J connectivity index is 3.26. The smallest absolute Gasteiger partial charge is 0.0331 e. The monoisotopic (exact) mass is 180 g/mol. The highest BCUT2D eigenvalue weighted by molar-refractivity contribution is 9.09. The van der Waals surface area contributed by atoms with Crippen molar-refractivity contribution < 1.29 is 0 Å². The summed E-state index contributed by atoms with van der Waals surface area (Å²) >= 11 is 8.55. The molecule has 0 saturated carbocycles. The molecule has 0 rings (SSSR count). The molecule has 40 valence electrons. The summed E-state index contributed by atoms with van der Waals surface area (Å²) < 4.78 is 0. The average Bonchev–Trinajstić information content (AvgIpc) is 1.61. The fourth-order valence-corrected chi connectivity index (χ4v) is 0.448. The third kappa shape index (κ3) is 6.25. The second-order valence-electron chi connectivity index (χ2n) is 1.00. The van der Waals surface area contributed by atoms with E-state index in [1.54, 1.807) is 6.08 Å². The van der Waals surface area contributed by atoms with Crippen molar-refractivity contribution in [2.75, 3.05) is 5.33 Å². The summed E-state index contributed by atoms with van der Waals surface area (Å²) in [5, 5.41) is 1.40. The first-order chi connectivity index (χ1) is 3.27. The number of allylic oxidation sites excluding steroid dienone is 3. The Labute approximate surface area is 57.0 Å². The van der Waals surface area contributed by atoms with E-state index in [2.05, 4.69) is 22.5 Å². The maximum absolute atomic E-state index is 5.35. The molecule has 7 heavy (non-hydrogen) atoms. The molecule has 0 heterocycles. The van der Waals surface area contributed by atoms with Crippen LogP contribution in [-0.4, -0.2) is 5.33 Å². The van der Waals surface area contributed by atoms with Crippen molar-refractivity contribution >= 4 is 27.5 Å². The summed E-state index contributed by atoms with van der Waals surface area (Å²) in [5.41, 5.74) is 0. The fraction of sp³-hybridized carbons (Fsp3) is 0.200. The SMILES string of the molecule is C=C(Cl)/C=C/CBr. The van der Waals surface area contributed by atoms with Crippen LogP contribution in [0.1, 0.15) is 0 Å². The van der Waals surface area contributed by atoms with Crippen LogP contribution in [0, 0.1) is 0 Å². The molecule has 0 aliphatic rings. The zero-order chi connectivity index (χ0) is 5.70. The van der Waals surface area contributed by atoms with E-state index in [9.17, 15) is 0 Å². The van der Waals surface area contributed by atoms with Crippen molar-refractivity contribution in [3.63, 3.8) is 0 Å². The lowest BCUT2D eigenvalue weighted by Crippen LogP contribution is -1.57. The van der Waals surface area contributed by atoms with Crippen LogP contribution >= 0.6 is 27.5 Å². The minimum atomic E-state index is 0.569. The number of hydrogen-bond acceptors (Lipinski definition) is 0. The molecule has 0 fully saturated rings. The van der Waals surface area contributed by atoms with Crippen LogP contribution in [0.5, 0.6) is 0 Å².